The highest BCUT2D eigenvalue weighted by atomic mass is 32.2. The van der Waals surface area contributed by atoms with E-state index in [1.165, 1.54) is 24.3 Å². The maximum Gasteiger partial charge on any atom is 0.411 e. The first-order valence-corrected chi connectivity index (χ1v) is 12.3. The Balaban J connectivity index is 2.03. The first-order chi connectivity index (χ1) is 15.8. The van der Waals surface area contributed by atoms with Crippen LogP contribution in [0.4, 0.5) is 16.2 Å². The lowest BCUT2D eigenvalue weighted by molar-refractivity contribution is 0.102. The second kappa shape index (κ2) is 9.26. The van der Waals surface area contributed by atoms with E-state index in [4.69, 9.17) is 4.74 Å². The highest BCUT2D eigenvalue weighted by Crippen LogP contribution is 2.36. The van der Waals surface area contributed by atoms with Crippen LogP contribution in [0.15, 0.2) is 58.3 Å². The lowest BCUT2D eigenvalue weighted by Gasteiger charge is -2.13. The first kappa shape index (κ1) is 24.9. The van der Waals surface area contributed by atoms with Crippen LogP contribution >= 0.6 is 0 Å². The number of anilines is 2. The maximum atomic E-state index is 12.7. The standard InChI is InChI=1S/C20H18N2O10S2/c1-2-32-20(25)21-13-5-3-11(4-6-13)19(24)22-16-9-14(33(26,27)28)7-12-8-15(34(29,30)31)10-17(23)18(12)16/h3-10,23H,2H2,1H3,(H,21,25)(H,22,24)(H,26,27,28)(H,29,30,31). The molecule has 0 radical (unpaired) electrons. The van der Waals surface area contributed by atoms with Gasteiger partial charge in [0.2, 0.25) is 0 Å². The first-order valence-electron chi connectivity index (χ1n) is 9.40. The van der Waals surface area contributed by atoms with Gasteiger partial charge in [-0.1, -0.05) is 0 Å². The minimum Gasteiger partial charge on any atom is -0.507 e. The SMILES string of the molecule is CCOC(=O)Nc1ccc(C(=O)Nc2cc(S(=O)(=O)O)cc3cc(S(=O)(=O)O)cc(O)c23)cc1. The third-order valence-corrected chi connectivity index (χ3v) is 6.15. The average molecular weight is 511 g/mol. The van der Waals surface area contributed by atoms with Gasteiger partial charge in [0.25, 0.3) is 26.1 Å². The molecule has 0 aliphatic rings. The summed E-state index contributed by atoms with van der Waals surface area (Å²) in [4.78, 5) is 22.8. The van der Waals surface area contributed by atoms with E-state index in [1.54, 1.807) is 6.92 Å². The predicted octanol–water partition coefficient (Wildman–Crippen LogP) is 2.86. The van der Waals surface area contributed by atoms with Gasteiger partial charge in [-0.15, -0.1) is 0 Å². The van der Waals surface area contributed by atoms with Crippen molar-refractivity contribution in [2.75, 3.05) is 17.2 Å². The molecule has 12 nitrogen and oxygen atoms in total. The van der Waals surface area contributed by atoms with Crippen LogP contribution < -0.4 is 10.6 Å². The highest BCUT2D eigenvalue weighted by molar-refractivity contribution is 7.86. The van der Waals surface area contributed by atoms with Crippen molar-refractivity contribution < 1.29 is 45.4 Å². The van der Waals surface area contributed by atoms with Crippen LogP contribution in [0.25, 0.3) is 10.8 Å². The van der Waals surface area contributed by atoms with Crippen LogP contribution in [0.2, 0.25) is 0 Å². The maximum absolute atomic E-state index is 12.7. The molecule has 3 aromatic rings. The van der Waals surface area contributed by atoms with Gasteiger partial charge in [0.05, 0.1) is 22.1 Å². The van der Waals surface area contributed by atoms with E-state index in [0.29, 0.717) is 5.69 Å². The predicted molar refractivity (Wildman–Crippen MR) is 120 cm³/mol. The summed E-state index contributed by atoms with van der Waals surface area (Å²) in [6, 6.07) is 8.84. The van der Waals surface area contributed by atoms with Gasteiger partial charge in [-0.2, -0.15) is 16.8 Å². The largest absolute Gasteiger partial charge is 0.507 e. The number of aromatic hydroxyl groups is 1. The third-order valence-electron chi connectivity index (χ3n) is 4.49. The zero-order chi connectivity index (χ0) is 25.3. The van der Waals surface area contributed by atoms with Crippen LogP contribution in [-0.4, -0.2) is 49.7 Å². The van der Waals surface area contributed by atoms with E-state index in [-0.39, 0.29) is 28.6 Å². The lowest BCUT2D eigenvalue weighted by atomic mass is 10.1. The van der Waals surface area contributed by atoms with Crippen molar-refractivity contribution in [3.63, 3.8) is 0 Å². The van der Waals surface area contributed by atoms with Crippen molar-refractivity contribution in [1.29, 1.82) is 0 Å². The van der Waals surface area contributed by atoms with Gasteiger partial charge in [-0.3, -0.25) is 19.2 Å². The molecule has 0 aliphatic heterocycles. The number of carbonyl (C=O) groups excluding carboxylic acids is 2. The Labute approximate surface area is 193 Å². The quantitative estimate of drug-likeness (QED) is 0.307. The lowest BCUT2D eigenvalue weighted by Crippen LogP contribution is -2.15. The molecule has 34 heavy (non-hydrogen) atoms. The number of hydrogen-bond acceptors (Lipinski definition) is 8. The molecule has 3 aromatic carbocycles. The molecule has 5 N–H and O–H groups in total. The van der Waals surface area contributed by atoms with E-state index >= 15 is 0 Å². The van der Waals surface area contributed by atoms with Crippen molar-refractivity contribution in [3.05, 3.63) is 54.1 Å². The number of nitrogens with one attached hydrogen (secondary N) is 2. The Morgan fingerprint density at radius 1 is 0.882 bits per heavy atom. The van der Waals surface area contributed by atoms with Gasteiger partial charge in [0.1, 0.15) is 5.75 Å². The molecular weight excluding hydrogens is 492 g/mol. The monoisotopic (exact) mass is 510 g/mol. The molecule has 0 atom stereocenters. The summed E-state index contributed by atoms with van der Waals surface area (Å²) in [6.07, 6.45) is -0.687. The minimum absolute atomic E-state index is 0.0777. The smallest absolute Gasteiger partial charge is 0.411 e. The Morgan fingerprint density at radius 3 is 1.97 bits per heavy atom. The van der Waals surface area contributed by atoms with Gasteiger partial charge < -0.3 is 15.2 Å². The van der Waals surface area contributed by atoms with E-state index in [2.05, 4.69) is 10.6 Å². The summed E-state index contributed by atoms with van der Waals surface area (Å²) < 4.78 is 69.8. The number of rotatable bonds is 6. The van der Waals surface area contributed by atoms with Gasteiger partial charge in [0.15, 0.2) is 0 Å². The van der Waals surface area contributed by atoms with E-state index in [1.807, 2.05) is 0 Å². The molecule has 0 fully saturated rings. The second-order valence-electron chi connectivity index (χ2n) is 6.84. The molecule has 3 rings (SSSR count). The number of hydrogen-bond donors (Lipinski definition) is 5. The Kier molecular flexibility index (Phi) is 6.79. The molecule has 2 amide bonds. The van der Waals surface area contributed by atoms with Crippen molar-refractivity contribution in [2.45, 2.75) is 16.7 Å². The molecule has 0 aliphatic carbocycles. The van der Waals surface area contributed by atoms with Gasteiger partial charge in [0, 0.05) is 22.7 Å². The second-order valence-corrected chi connectivity index (χ2v) is 9.68. The Morgan fingerprint density at radius 2 is 1.44 bits per heavy atom. The summed E-state index contributed by atoms with van der Waals surface area (Å²) in [6.45, 7) is 1.80. The molecule has 0 aromatic heterocycles. The molecule has 0 unspecified atom stereocenters. The molecule has 180 valence electrons. The number of benzene rings is 3. The van der Waals surface area contributed by atoms with Crippen molar-refractivity contribution in [3.8, 4) is 5.75 Å². The van der Waals surface area contributed by atoms with Crippen molar-refractivity contribution >= 4 is 54.4 Å². The van der Waals surface area contributed by atoms with Crippen molar-refractivity contribution in [1.82, 2.24) is 0 Å². The fourth-order valence-corrected chi connectivity index (χ4v) is 4.10. The van der Waals surface area contributed by atoms with E-state index in [0.717, 1.165) is 24.3 Å². The fourth-order valence-electron chi connectivity index (χ4n) is 3.02. The van der Waals surface area contributed by atoms with Gasteiger partial charge in [-0.05, 0) is 54.8 Å². The minimum atomic E-state index is -4.80. The molecule has 0 saturated carbocycles. The molecule has 14 heteroatoms. The van der Waals surface area contributed by atoms with Crippen LogP contribution in [0.5, 0.6) is 5.75 Å². The molecule has 0 bridgehead atoms. The topological polar surface area (TPSA) is 196 Å². The number of phenols is 1. The molecule has 0 spiro atoms. The number of carbonyl (C=O) groups is 2. The summed E-state index contributed by atoms with van der Waals surface area (Å²) in [5.74, 6) is -1.44. The number of amides is 2. The molecule has 0 heterocycles. The number of ether oxygens (including phenoxy) is 1. The van der Waals surface area contributed by atoms with Crippen molar-refractivity contribution in [2.24, 2.45) is 0 Å². The summed E-state index contributed by atoms with van der Waals surface area (Å²) in [7, 11) is -9.56. The summed E-state index contributed by atoms with van der Waals surface area (Å²) in [5, 5.41) is 14.8. The number of phenolic OH excluding ortho intramolecular Hbond substituents is 1. The Bertz CT molecular complexity index is 1490. The van der Waals surface area contributed by atoms with Crippen LogP contribution in [0.1, 0.15) is 17.3 Å². The number of fused-ring (bicyclic) bond motifs is 1. The van der Waals surface area contributed by atoms with Gasteiger partial charge >= 0.3 is 6.09 Å². The zero-order valence-electron chi connectivity index (χ0n) is 17.3. The van der Waals surface area contributed by atoms with Crippen LogP contribution in [0, 0.1) is 0 Å². The fraction of sp³-hybridized carbons (Fsp3) is 0.100. The molecule has 0 saturated heterocycles. The van der Waals surface area contributed by atoms with Crippen LogP contribution in [-0.2, 0) is 25.0 Å². The van der Waals surface area contributed by atoms with Gasteiger partial charge in [-0.25, -0.2) is 4.79 Å². The normalized spacial score (nSPS) is 11.7. The average Bonchev–Trinajstić information content (AvgIpc) is 2.72. The zero-order valence-corrected chi connectivity index (χ0v) is 19.0. The van der Waals surface area contributed by atoms with Crippen LogP contribution in [0.3, 0.4) is 0 Å². The third kappa shape index (κ3) is 5.60. The Hall–Kier alpha value is -3.72. The summed E-state index contributed by atoms with van der Waals surface area (Å²) >= 11 is 0. The molecular formula is C20H18N2O10S2. The van der Waals surface area contributed by atoms with E-state index < -0.39 is 47.8 Å². The highest BCUT2D eigenvalue weighted by Gasteiger charge is 2.21. The van der Waals surface area contributed by atoms with E-state index in [9.17, 15) is 40.6 Å². The summed E-state index contributed by atoms with van der Waals surface area (Å²) in [5.41, 5.74) is 0.154.